The molecule has 0 aromatic carbocycles. The molecule has 0 unspecified atom stereocenters. The summed E-state index contributed by atoms with van der Waals surface area (Å²) in [4.78, 5) is 16.6. The average Bonchev–Trinajstić information content (AvgIpc) is 2.94. The first-order valence-electron chi connectivity index (χ1n) is 8.22. The van der Waals surface area contributed by atoms with Crippen molar-refractivity contribution >= 4 is 5.91 Å². The molecule has 0 N–H and O–H groups in total. The van der Waals surface area contributed by atoms with Crippen LogP contribution in [0.1, 0.15) is 31.2 Å². The number of rotatable bonds is 3. The first-order chi connectivity index (χ1) is 10.6. The quantitative estimate of drug-likeness (QED) is 0.831. The third-order valence-corrected chi connectivity index (χ3v) is 4.74. The minimum Gasteiger partial charge on any atom is -0.375 e. The van der Waals surface area contributed by atoms with E-state index in [1.54, 1.807) is 0 Å². The van der Waals surface area contributed by atoms with Crippen LogP contribution in [0.3, 0.4) is 0 Å². The normalized spacial score (nSPS) is 24.6. The number of carbonyl (C=O) groups is 1. The highest BCUT2D eigenvalue weighted by Crippen LogP contribution is 2.27. The number of hydrogen-bond acceptors (Lipinski definition) is 4. The van der Waals surface area contributed by atoms with Crippen molar-refractivity contribution < 1.29 is 9.53 Å². The molecule has 22 heavy (non-hydrogen) atoms. The maximum Gasteiger partial charge on any atom is 0.236 e. The van der Waals surface area contributed by atoms with Gasteiger partial charge in [0.2, 0.25) is 5.91 Å². The van der Waals surface area contributed by atoms with Gasteiger partial charge in [-0.1, -0.05) is 0 Å². The summed E-state index contributed by atoms with van der Waals surface area (Å²) in [6.07, 6.45) is 6.46. The average molecular weight is 306 g/mol. The van der Waals surface area contributed by atoms with Gasteiger partial charge in [0, 0.05) is 26.3 Å². The van der Waals surface area contributed by atoms with Crippen LogP contribution in [0.25, 0.3) is 0 Å². The molecule has 1 atom stereocenters. The number of nitrogens with zero attached hydrogens (tertiary/aromatic N) is 4. The first-order valence-corrected chi connectivity index (χ1v) is 8.22. The molecule has 0 radical (unpaired) electrons. The van der Waals surface area contributed by atoms with Crippen LogP contribution in [-0.2, 0) is 16.6 Å². The molecule has 6 nitrogen and oxygen atoms in total. The highest BCUT2D eigenvalue weighted by Gasteiger charge is 2.26. The van der Waals surface area contributed by atoms with E-state index in [0.29, 0.717) is 19.1 Å². The number of piperidine rings is 1. The Morgan fingerprint density at radius 1 is 1.36 bits per heavy atom. The van der Waals surface area contributed by atoms with Crippen LogP contribution in [0, 0.1) is 0 Å². The fourth-order valence-electron chi connectivity index (χ4n) is 3.41. The fourth-order valence-corrected chi connectivity index (χ4v) is 3.41. The SMILES string of the molecule is C[C@@H]1CN(C(=O)CN2CCC(c3cnn(C)c3)CC2)CCO1. The lowest BCUT2D eigenvalue weighted by atomic mass is 9.91. The molecule has 6 heteroatoms. The van der Waals surface area contributed by atoms with Gasteiger partial charge in [-0.05, 0) is 44.3 Å². The lowest BCUT2D eigenvalue weighted by Crippen LogP contribution is -2.49. The molecule has 2 aliphatic rings. The predicted molar refractivity (Wildman–Crippen MR) is 83.6 cm³/mol. The van der Waals surface area contributed by atoms with Crippen molar-refractivity contribution in [2.45, 2.75) is 31.8 Å². The van der Waals surface area contributed by atoms with E-state index in [-0.39, 0.29) is 12.0 Å². The molecular formula is C16H26N4O2. The Bertz CT molecular complexity index is 508. The summed E-state index contributed by atoms with van der Waals surface area (Å²) in [7, 11) is 1.96. The summed E-state index contributed by atoms with van der Waals surface area (Å²) >= 11 is 0. The number of ether oxygens (including phenoxy) is 1. The molecular weight excluding hydrogens is 280 g/mol. The van der Waals surface area contributed by atoms with Crippen LogP contribution >= 0.6 is 0 Å². The Morgan fingerprint density at radius 3 is 2.77 bits per heavy atom. The number of carbonyl (C=O) groups excluding carboxylic acids is 1. The van der Waals surface area contributed by atoms with Gasteiger partial charge in [-0.3, -0.25) is 14.4 Å². The lowest BCUT2D eigenvalue weighted by molar-refractivity contribution is -0.139. The van der Waals surface area contributed by atoms with Gasteiger partial charge in [0.15, 0.2) is 0 Å². The second kappa shape index (κ2) is 6.79. The third kappa shape index (κ3) is 3.67. The van der Waals surface area contributed by atoms with Crippen molar-refractivity contribution in [3.63, 3.8) is 0 Å². The summed E-state index contributed by atoms with van der Waals surface area (Å²) in [6.45, 7) is 6.68. The lowest BCUT2D eigenvalue weighted by Gasteiger charge is -2.35. The van der Waals surface area contributed by atoms with Crippen LogP contribution in [0.2, 0.25) is 0 Å². The zero-order valence-electron chi connectivity index (χ0n) is 13.6. The van der Waals surface area contributed by atoms with Gasteiger partial charge in [-0.2, -0.15) is 5.10 Å². The van der Waals surface area contributed by atoms with Gasteiger partial charge >= 0.3 is 0 Å². The summed E-state index contributed by atoms with van der Waals surface area (Å²) in [5.41, 5.74) is 1.33. The Morgan fingerprint density at radius 2 is 2.14 bits per heavy atom. The van der Waals surface area contributed by atoms with Crippen LogP contribution in [0.5, 0.6) is 0 Å². The van der Waals surface area contributed by atoms with E-state index in [4.69, 9.17) is 4.74 Å². The molecule has 2 aliphatic heterocycles. The Labute approximate surface area is 132 Å². The standard InChI is InChI=1S/C16H26N4O2/c1-13-10-20(7-8-22-13)16(21)12-19-5-3-14(4-6-19)15-9-17-18(2)11-15/h9,11,13-14H,3-8,10,12H2,1-2H3/t13-/m1/s1. The Balaban J connectivity index is 1.46. The molecule has 0 spiro atoms. The van der Waals surface area contributed by atoms with E-state index in [9.17, 15) is 4.79 Å². The van der Waals surface area contributed by atoms with Gasteiger partial charge in [-0.15, -0.1) is 0 Å². The zero-order valence-corrected chi connectivity index (χ0v) is 13.6. The molecule has 0 aliphatic carbocycles. The number of aromatic nitrogens is 2. The molecule has 1 aromatic rings. The monoisotopic (exact) mass is 306 g/mol. The molecule has 3 rings (SSSR count). The van der Waals surface area contributed by atoms with Crippen molar-refractivity contribution in [2.75, 3.05) is 39.3 Å². The summed E-state index contributed by atoms with van der Waals surface area (Å²) < 4.78 is 7.36. The highest BCUT2D eigenvalue weighted by molar-refractivity contribution is 5.78. The fraction of sp³-hybridized carbons (Fsp3) is 0.750. The van der Waals surface area contributed by atoms with Crippen molar-refractivity contribution in [3.8, 4) is 0 Å². The number of hydrogen-bond donors (Lipinski definition) is 0. The molecule has 3 heterocycles. The highest BCUT2D eigenvalue weighted by atomic mass is 16.5. The maximum atomic E-state index is 12.4. The van der Waals surface area contributed by atoms with E-state index in [1.165, 1.54) is 5.56 Å². The third-order valence-electron chi connectivity index (χ3n) is 4.74. The Hall–Kier alpha value is -1.40. The molecule has 1 amide bonds. The van der Waals surface area contributed by atoms with Crippen molar-refractivity contribution in [3.05, 3.63) is 18.0 Å². The molecule has 2 saturated heterocycles. The van der Waals surface area contributed by atoms with E-state index in [1.807, 2.05) is 29.7 Å². The van der Waals surface area contributed by atoms with Crippen LogP contribution in [-0.4, -0.2) is 70.9 Å². The summed E-state index contributed by atoms with van der Waals surface area (Å²) in [5.74, 6) is 0.832. The van der Waals surface area contributed by atoms with Crippen LogP contribution < -0.4 is 0 Å². The van der Waals surface area contributed by atoms with Gasteiger partial charge in [0.25, 0.3) is 0 Å². The van der Waals surface area contributed by atoms with E-state index >= 15 is 0 Å². The number of aryl methyl sites for hydroxylation is 1. The van der Waals surface area contributed by atoms with E-state index in [0.717, 1.165) is 39.0 Å². The molecule has 2 fully saturated rings. The second-order valence-corrected chi connectivity index (χ2v) is 6.52. The summed E-state index contributed by atoms with van der Waals surface area (Å²) in [6, 6.07) is 0. The van der Waals surface area contributed by atoms with E-state index in [2.05, 4.69) is 16.2 Å². The van der Waals surface area contributed by atoms with Crippen molar-refractivity contribution in [2.24, 2.45) is 7.05 Å². The van der Waals surface area contributed by atoms with Crippen molar-refractivity contribution in [1.82, 2.24) is 19.6 Å². The zero-order chi connectivity index (χ0) is 15.5. The summed E-state index contributed by atoms with van der Waals surface area (Å²) in [5, 5.41) is 4.26. The Kier molecular flexibility index (Phi) is 4.78. The van der Waals surface area contributed by atoms with Crippen LogP contribution in [0.4, 0.5) is 0 Å². The van der Waals surface area contributed by atoms with Gasteiger partial charge < -0.3 is 9.64 Å². The predicted octanol–water partition coefficient (Wildman–Crippen LogP) is 0.847. The minimum absolute atomic E-state index is 0.161. The number of morpholine rings is 1. The topological polar surface area (TPSA) is 50.6 Å². The first kappa shape index (κ1) is 15.5. The van der Waals surface area contributed by atoms with Gasteiger partial charge in [-0.25, -0.2) is 0 Å². The number of amides is 1. The van der Waals surface area contributed by atoms with E-state index < -0.39 is 0 Å². The van der Waals surface area contributed by atoms with Crippen molar-refractivity contribution in [1.29, 1.82) is 0 Å². The molecule has 0 bridgehead atoms. The van der Waals surface area contributed by atoms with Crippen LogP contribution in [0.15, 0.2) is 12.4 Å². The molecule has 0 saturated carbocycles. The second-order valence-electron chi connectivity index (χ2n) is 6.52. The molecule has 122 valence electrons. The smallest absolute Gasteiger partial charge is 0.236 e. The largest absolute Gasteiger partial charge is 0.375 e. The maximum absolute atomic E-state index is 12.4. The van der Waals surface area contributed by atoms with Gasteiger partial charge in [0.05, 0.1) is 25.5 Å². The number of likely N-dealkylation sites (tertiary alicyclic amines) is 1. The minimum atomic E-state index is 0.161. The van der Waals surface area contributed by atoms with Gasteiger partial charge in [0.1, 0.15) is 0 Å². The molecule has 1 aromatic heterocycles.